The molecule has 0 spiro atoms. The Balaban J connectivity index is 1.65. The maximum atomic E-state index is 14.6. The number of fused-ring (bicyclic) bond motifs is 1. The molecule has 178 valence electrons. The first-order valence-electron chi connectivity index (χ1n) is 10.3. The molecule has 0 aromatic heterocycles. The lowest BCUT2D eigenvalue weighted by Crippen LogP contribution is -2.35. The molecule has 1 aliphatic rings. The average Bonchev–Trinajstić information content (AvgIpc) is 2.74. The highest BCUT2D eigenvalue weighted by Crippen LogP contribution is 2.46. The lowest BCUT2D eigenvalue weighted by molar-refractivity contribution is 0.144. The first-order chi connectivity index (χ1) is 15.9. The Labute approximate surface area is 195 Å². The third-order valence-corrected chi connectivity index (χ3v) is 7.05. The molecule has 1 heterocycles. The van der Waals surface area contributed by atoms with Crippen LogP contribution in [0.15, 0.2) is 65.6 Å². The number of carboxylic acid groups (broad SMARTS) is 1. The van der Waals surface area contributed by atoms with E-state index in [0.717, 1.165) is 23.4 Å². The molecule has 10 heteroatoms. The van der Waals surface area contributed by atoms with E-state index in [1.54, 1.807) is 18.2 Å². The molecule has 0 aliphatic carbocycles. The predicted octanol–water partition coefficient (Wildman–Crippen LogP) is 5.56. The van der Waals surface area contributed by atoms with Crippen LogP contribution in [0.2, 0.25) is 0 Å². The summed E-state index contributed by atoms with van der Waals surface area (Å²) in [4.78, 5) is 10.5. The molecule has 0 amide bonds. The zero-order chi connectivity index (χ0) is 24.7. The van der Waals surface area contributed by atoms with Gasteiger partial charge in [-0.1, -0.05) is 26.0 Å². The van der Waals surface area contributed by atoms with E-state index in [9.17, 15) is 22.0 Å². The topological polar surface area (TPSA) is 105 Å². The Bertz CT molecular complexity index is 1380. The molecule has 1 aliphatic heterocycles. The molecule has 0 saturated carbocycles. The first-order valence-corrected chi connectivity index (χ1v) is 11.8. The number of anilines is 2. The van der Waals surface area contributed by atoms with Gasteiger partial charge in [0.2, 0.25) is 0 Å². The molecule has 1 atom stereocenters. The largest absolute Gasteiger partial charge is 0.511 e. The van der Waals surface area contributed by atoms with E-state index in [1.165, 1.54) is 30.3 Å². The fourth-order valence-corrected chi connectivity index (χ4v) is 5.23. The quantitative estimate of drug-likeness (QED) is 0.321. The van der Waals surface area contributed by atoms with E-state index in [-0.39, 0.29) is 22.4 Å². The normalized spacial score (nSPS) is 16.8. The van der Waals surface area contributed by atoms with Crippen LogP contribution in [-0.4, -0.2) is 19.7 Å². The van der Waals surface area contributed by atoms with Crippen molar-refractivity contribution in [1.29, 1.82) is 0 Å². The van der Waals surface area contributed by atoms with Crippen LogP contribution >= 0.6 is 0 Å². The van der Waals surface area contributed by atoms with Gasteiger partial charge in [-0.15, -0.1) is 0 Å². The predicted molar refractivity (Wildman–Crippen MR) is 123 cm³/mol. The van der Waals surface area contributed by atoms with Crippen molar-refractivity contribution in [3.63, 3.8) is 0 Å². The Morgan fingerprint density at radius 1 is 1.12 bits per heavy atom. The standard InChI is InChI=1S/C24H22F2N2O5S/c1-24(2)13-15-10-17(33-23(29)30)7-9-20(15)27-22(24)14-6-8-19(26)21(11-14)28-34(31,32)18-5-3-4-16(25)12-18/h3-12,22,27-28H,13H2,1-2H3,(H,29,30). The number of hydrogen-bond donors (Lipinski definition) is 3. The maximum absolute atomic E-state index is 14.6. The Kier molecular flexibility index (Phi) is 5.94. The van der Waals surface area contributed by atoms with E-state index >= 15 is 0 Å². The fourth-order valence-electron chi connectivity index (χ4n) is 4.14. The molecular weight excluding hydrogens is 466 g/mol. The van der Waals surface area contributed by atoms with E-state index < -0.39 is 33.2 Å². The molecule has 1 unspecified atom stereocenters. The third-order valence-electron chi connectivity index (χ3n) is 5.68. The number of carbonyl (C=O) groups is 1. The number of benzene rings is 3. The van der Waals surface area contributed by atoms with Crippen LogP contribution in [0.25, 0.3) is 0 Å². The highest BCUT2D eigenvalue weighted by atomic mass is 32.2. The summed E-state index contributed by atoms with van der Waals surface area (Å²) in [5.74, 6) is -1.29. The van der Waals surface area contributed by atoms with Gasteiger partial charge in [-0.2, -0.15) is 0 Å². The van der Waals surface area contributed by atoms with Gasteiger partial charge in [0.15, 0.2) is 0 Å². The average molecular weight is 489 g/mol. The van der Waals surface area contributed by atoms with E-state index in [2.05, 4.69) is 10.0 Å². The van der Waals surface area contributed by atoms with Crippen molar-refractivity contribution in [1.82, 2.24) is 0 Å². The van der Waals surface area contributed by atoms with E-state index in [0.29, 0.717) is 12.0 Å². The summed E-state index contributed by atoms with van der Waals surface area (Å²) in [5.41, 5.74) is 1.59. The number of sulfonamides is 1. The minimum Gasteiger partial charge on any atom is -0.449 e. The summed E-state index contributed by atoms with van der Waals surface area (Å²) >= 11 is 0. The zero-order valence-corrected chi connectivity index (χ0v) is 19.1. The van der Waals surface area contributed by atoms with Crippen LogP contribution in [0.4, 0.5) is 25.0 Å². The van der Waals surface area contributed by atoms with Crippen LogP contribution < -0.4 is 14.8 Å². The van der Waals surface area contributed by atoms with Crippen LogP contribution in [0, 0.1) is 17.0 Å². The van der Waals surface area contributed by atoms with Crippen molar-refractivity contribution < 1.29 is 31.8 Å². The summed E-state index contributed by atoms with van der Waals surface area (Å²) < 4.78 is 60.4. The molecule has 34 heavy (non-hydrogen) atoms. The zero-order valence-electron chi connectivity index (χ0n) is 18.3. The Morgan fingerprint density at radius 2 is 1.88 bits per heavy atom. The van der Waals surface area contributed by atoms with Crippen LogP contribution in [0.3, 0.4) is 0 Å². The molecule has 4 rings (SSSR count). The smallest absolute Gasteiger partial charge is 0.449 e. The molecule has 0 bridgehead atoms. The SMILES string of the molecule is CC1(C)Cc2cc(OC(=O)O)ccc2NC1c1ccc(F)c(NS(=O)(=O)c2cccc(F)c2)c1. The molecule has 0 saturated heterocycles. The van der Waals surface area contributed by atoms with E-state index in [4.69, 9.17) is 9.84 Å². The second-order valence-electron chi connectivity index (χ2n) is 8.73. The van der Waals surface area contributed by atoms with Gasteiger partial charge in [0.25, 0.3) is 10.0 Å². The fraction of sp³-hybridized carbons (Fsp3) is 0.208. The number of hydrogen-bond acceptors (Lipinski definition) is 5. The van der Waals surface area contributed by atoms with Gasteiger partial charge in [0.05, 0.1) is 16.6 Å². The van der Waals surface area contributed by atoms with Crippen LogP contribution in [0.1, 0.15) is 31.0 Å². The number of nitrogens with one attached hydrogen (secondary N) is 2. The minimum absolute atomic E-state index is 0.207. The minimum atomic E-state index is -4.21. The Hall–Kier alpha value is -3.66. The molecular formula is C24H22F2N2O5S. The Morgan fingerprint density at radius 3 is 2.59 bits per heavy atom. The van der Waals surface area contributed by atoms with Gasteiger partial charge < -0.3 is 15.2 Å². The summed E-state index contributed by atoms with van der Waals surface area (Å²) in [6.07, 6.45) is -0.848. The molecule has 3 N–H and O–H groups in total. The van der Waals surface area contributed by atoms with Crippen molar-refractivity contribution >= 4 is 27.6 Å². The van der Waals surface area contributed by atoms with E-state index in [1.807, 2.05) is 13.8 Å². The third kappa shape index (κ3) is 4.81. The second kappa shape index (κ2) is 8.60. The highest BCUT2D eigenvalue weighted by molar-refractivity contribution is 7.92. The monoisotopic (exact) mass is 488 g/mol. The molecule has 7 nitrogen and oxygen atoms in total. The molecule has 0 radical (unpaired) electrons. The number of halogens is 2. The molecule has 0 fully saturated rings. The van der Waals surface area contributed by atoms with Gasteiger partial charge >= 0.3 is 6.16 Å². The lowest BCUT2D eigenvalue weighted by Gasteiger charge is -2.41. The summed E-state index contributed by atoms with van der Waals surface area (Å²) in [5, 5.41) is 12.2. The molecule has 3 aromatic carbocycles. The summed E-state index contributed by atoms with van der Waals surface area (Å²) in [6, 6.07) is 13.2. The second-order valence-corrected chi connectivity index (χ2v) is 10.4. The van der Waals surface area contributed by atoms with Gasteiger partial charge in [0, 0.05) is 5.69 Å². The van der Waals surface area contributed by atoms with Gasteiger partial charge in [0.1, 0.15) is 17.4 Å². The van der Waals surface area contributed by atoms with Crippen LogP contribution in [-0.2, 0) is 16.4 Å². The van der Waals surface area contributed by atoms with Gasteiger partial charge in [-0.05, 0) is 71.5 Å². The lowest BCUT2D eigenvalue weighted by atomic mass is 9.73. The van der Waals surface area contributed by atoms with Crippen molar-refractivity contribution in [2.75, 3.05) is 10.0 Å². The van der Waals surface area contributed by atoms with Crippen molar-refractivity contribution in [2.24, 2.45) is 5.41 Å². The van der Waals surface area contributed by atoms with Crippen LogP contribution in [0.5, 0.6) is 5.75 Å². The maximum Gasteiger partial charge on any atom is 0.511 e. The van der Waals surface area contributed by atoms with Gasteiger partial charge in [-0.25, -0.2) is 22.0 Å². The number of ether oxygens (including phenoxy) is 1. The van der Waals surface area contributed by atoms with Crippen molar-refractivity contribution in [3.8, 4) is 5.75 Å². The highest BCUT2D eigenvalue weighted by Gasteiger charge is 2.36. The first kappa shape index (κ1) is 23.5. The van der Waals surface area contributed by atoms with Gasteiger partial charge in [-0.3, -0.25) is 4.72 Å². The molecule has 3 aromatic rings. The van der Waals surface area contributed by atoms with Crippen molar-refractivity contribution in [3.05, 3.63) is 83.4 Å². The summed E-state index contributed by atoms with van der Waals surface area (Å²) in [7, 11) is -4.21. The van der Waals surface area contributed by atoms with Crippen molar-refractivity contribution in [2.45, 2.75) is 31.2 Å². The summed E-state index contributed by atoms with van der Waals surface area (Å²) in [6.45, 7) is 3.97. The number of rotatable bonds is 5.